The van der Waals surface area contributed by atoms with Crippen LogP contribution in [0.25, 0.3) is 0 Å². The molecule has 2 N–H and O–H groups in total. The van der Waals surface area contributed by atoms with Crippen LogP contribution in [0.2, 0.25) is 5.02 Å². The molecule has 1 heterocycles. The second kappa shape index (κ2) is 10.1. The number of carbonyl (C=O) groups is 2. The molecule has 0 saturated heterocycles. The minimum atomic E-state index is -0.411. The van der Waals surface area contributed by atoms with Gasteiger partial charge in [-0.1, -0.05) is 41.9 Å². The van der Waals surface area contributed by atoms with Crippen LogP contribution in [0.15, 0.2) is 60.7 Å². The Balaban J connectivity index is 1.46. The van der Waals surface area contributed by atoms with Crippen LogP contribution in [0, 0.1) is 0 Å². The number of amides is 3. The Morgan fingerprint density at radius 3 is 2.47 bits per heavy atom. The van der Waals surface area contributed by atoms with Crippen molar-refractivity contribution in [1.29, 1.82) is 0 Å². The number of fused-ring (bicyclic) bond motifs is 1. The highest BCUT2D eigenvalue weighted by Gasteiger charge is 2.31. The van der Waals surface area contributed by atoms with Crippen LogP contribution in [-0.4, -0.2) is 32.2 Å². The van der Waals surface area contributed by atoms with Crippen molar-refractivity contribution in [2.45, 2.75) is 25.9 Å². The van der Waals surface area contributed by atoms with E-state index in [4.69, 9.17) is 21.1 Å². The normalized spacial score (nSPS) is 14.4. The van der Waals surface area contributed by atoms with Crippen LogP contribution in [0.3, 0.4) is 0 Å². The number of urea groups is 1. The Kier molecular flexibility index (Phi) is 6.93. The third-order valence-corrected chi connectivity index (χ3v) is 6.08. The molecule has 4 rings (SSSR count). The summed E-state index contributed by atoms with van der Waals surface area (Å²) < 4.78 is 10.5. The number of anilines is 2. The van der Waals surface area contributed by atoms with Gasteiger partial charge in [0.15, 0.2) is 0 Å². The third kappa shape index (κ3) is 4.79. The maximum absolute atomic E-state index is 13.1. The number of nitrogens with zero attached hydrogens (tertiary/aromatic N) is 1. The Morgan fingerprint density at radius 2 is 1.76 bits per heavy atom. The lowest BCUT2D eigenvalue weighted by atomic mass is 10.1. The number of hydrogen-bond donors (Lipinski definition) is 2. The van der Waals surface area contributed by atoms with Crippen molar-refractivity contribution in [3.63, 3.8) is 0 Å². The molecule has 0 saturated carbocycles. The van der Waals surface area contributed by atoms with E-state index < -0.39 is 6.03 Å². The molecule has 7 nitrogen and oxygen atoms in total. The van der Waals surface area contributed by atoms with E-state index in [2.05, 4.69) is 10.6 Å². The highest BCUT2D eigenvalue weighted by atomic mass is 35.5. The second-order valence-electron chi connectivity index (χ2n) is 8.05. The van der Waals surface area contributed by atoms with E-state index in [0.717, 1.165) is 23.2 Å². The van der Waals surface area contributed by atoms with Crippen LogP contribution < -0.4 is 25.0 Å². The molecule has 1 atom stereocenters. The molecule has 1 aliphatic rings. The summed E-state index contributed by atoms with van der Waals surface area (Å²) in [5, 5.41) is 5.95. The molecule has 1 aliphatic heterocycles. The van der Waals surface area contributed by atoms with E-state index in [0.29, 0.717) is 27.8 Å². The van der Waals surface area contributed by atoms with Crippen molar-refractivity contribution < 1.29 is 19.1 Å². The monoisotopic (exact) mass is 479 g/mol. The zero-order valence-corrected chi connectivity index (χ0v) is 20.0. The van der Waals surface area contributed by atoms with Gasteiger partial charge >= 0.3 is 6.03 Å². The van der Waals surface area contributed by atoms with E-state index in [1.165, 1.54) is 14.2 Å². The first kappa shape index (κ1) is 23.4. The SMILES string of the molecule is COc1cc(OC)c(NC(=O)NCc2ccc3c(c2)N(C(=O)c2ccccc2)[C@@H](C)C3)cc1Cl. The minimum absolute atomic E-state index is 0.0295. The van der Waals surface area contributed by atoms with Gasteiger partial charge in [-0.25, -0.2) is 4.79 Å². The van der Waals surface area contributed by atoms with Crippen molar-refractivity contribution in [2.24, 2.45) is 0 Å². The third-order valence-electron chi connectivity index (χ3n) is 5.78. The molecule has 34 heavy (non-hydrogen) atoms. The van der Waals surface area contributed by atoms with Crippen molar-refractivity contribution in [3.05, 3.63) is 82.4 Å². The maximum Gasteiger partial charge on any atom is 0.319 e. The maximum atomic E-state index is 13.1. The highest BCUT2D eigenvalue weighted by Crippen LogP contribution is 2.36. The molecule has 176 valence electrons. The Morgan fingerprint density at radius 1 is 1.03 bits per heavy atom. The van der Waals surface area contributed by atoms with Crippen LogP contribution in [0.5, 0.6) is 11.5 Å². The fourth-order valence-electron chi connectivity index (χ4n) is 4.10. The van der Waals surface area contributed by atoms with Crippen LogP contribution >= 0.6 is 11.6 Å². The van der Waals surface area contributed by atoms with Crippen molar-refractivity contribution in [2.75, 3.05) is 24.4 Å². The lowest BCUT2D eigenvalue weighted by molar-refractivity contribution is 0.0981. The number of halogens is 1. The predicted molar refractivity (Wildman–Crippen MR) is 133 cm³/mol. The molecule has 3 aromatic carbocycles. The lowest BCUT2D eigenvalue weighted by Crippen LogP contribution is -2.35. The fraction of sp³-hybridized carbons (Fsp3) is 0.231. The molecular weight excluding hydrogens is 454 g/mol. The average molecular weight is 480 g/mol. The van der Waals surface area contributed by atoms with Gasteiger partial charge in [0.2, 0.25) is 0 Å². The molecule has 0 radical (unpaired) electrons. The molecule has 3 aromatic rings. The quantitative estimate of drug-likeness (QED) is 0.504. The summed E-state index contributed by atoms with van der Waals surface area (Å²) in [7, 11) is 3.01. The number of nitrogens with one attached hydrogen (secondary N) is 2. The topological polar surface area (TPSA) is 79.9 Å². The Hall–Kier alpha value is -3.71. The first-order valence-electron chi connectivity index (χ1n) is 10.9. The Bertz CT molecular complexity index is 1220. The van der Waals surface area contributed by atoms with Crippen LogP contribution in [0.4, 0.5) is 16.2 Å². The minimum Gasteiger partial charge on any atom is -0.495 e. The smallest absolute Gasteiger partial charge is 0.319 e. The van der Waals surface area contributed by atoms with Gasteiger partial charge in [0, 0.05) is 29.9 Å². The van der Waals surface area contributed by atoms with Gasteiger partial charge in [-0.2, -0.15) is 0 Å². The van der Waals surface area contributed by atoms with Gasteiger partial charge in [0.05, 0.1) is 24.9 Å². The molecule has 8 heteroatoms. The number of methoxy groups -OCH3 is 2. The van der Waals surface area contributed by atoms with Crippen LogP contribution in [0.1, 0.15) is 28.4 Å². The number of ether oxygens (including phenoxy) is 2. The standard InChI is InChI=1S/C26H26ClN3O4/c1-16-11-19-10-9-17(12-22(19)30(16)25(31)18-7-5-4-6-8-18)15-28-26(32)29-21-13-20(27)23(33-2)14-24(21)34-3/h4-10,12-14,16H,11,15H2,1-3H3,(H2,28,29,32)/t16-/m0/s1. The summed E-state index contributed by atoms with van der Waals surface area (Å²) in [5.74, 6) is 0.850. The van der Waals surface area contributed by atoms with Gasteiger partial charge in [-0.05, 0) is 48.7 Å². The highest BCUT2D eigenvalue weighted by molar-refractivity contribution is 6.32. The molecular formula is C26H26ClN3O4. The summed E-state index contributed by atoms with van der Waals surface area (Å²) in [6, 6.07) is 18.0. The van der Waals surface area contributed by atoms with Crippen LogP contribution in [-0.2, 0) is 13.0 Å². The summed E-state index contributed by atoms with van der Waals surface area (Å²) >= 11 is 6.18. The van der Waals surface area contributed by atoms with E-state index in [1.54, 1.807) is 12.1 Å². The van der Waals surface area contributed by atoms with Gasteiger partial charge < -0.3 is 25.0 Å². The first-order chi connectivity index (χ1) is 16.4. The van der Waals surface area contributed by atoms with Gasteiger partial charge in [0.1, 0.15) is 11.5 Å². The van der Waals surface area contributed by atoms with E-state index >= 15 is 0 Å². The molecule has 0 unspecified atom stereocenters. The summed E-state index contributed by atoms with van der Waals surface area (Å²) in [4.78, 5) is 27.5. The zero-order chi connectivity index (χ0) is 24.2. The number of rotatable bonds is 6. The molecule has 0 bridgehead atoms. The average Bonchev–Trinajstić information content (AvgIpc) is 3.18. The summed E-state index contributed by atoms with van der Waals surface area (Å²) in [6.45, 7) is 2.33. The van der Waals surface area contributed by atoms with Crippen molar-refractivity contribution in [3.8, 4) is 11.5 Å². The molecule has 0 aromatic heterocycles. The number of benzene rings is 3. The van der Waals surface area contributed by atoms with E-state index in [-0.39, 0.29) is 18.5 Å². The van der Waals surface area contributed by atoms with E-state index in [1.807, 2.05) is 60.4 Å². The number of carbonyl (C=O) groups excluding carboxylic acids is 2. The second-order valence-corrected chi connectivity index (χ2v) is 8.46. The molecule has 0 spiro atoms. The predicted octanol–water partition coefficient (Wildman–Crippen LogP) is 5.27. The number of hydrogen-bond acceptors (Lipinski definition) is 4. The first-order valence-corrected chi connectivity index (χ1v) is 11.3. The Labute approximate surface area is 203 Å². The summed E-state index contributed by atoms with van der Waals surface area (Å²) in [6.07, 6.45) is 0.792. The van der Waals surface area contributed by atoms with E-state index in [9.17, 15) is 9.59 Å². The van der Waals surface area contributed by atoms with Gasteiger partial charge in [0.25, 0.3) is 5.91 Å². The summed E-state index contributed by atoms with van der Waals surface area (Å²) in [5.41, 5.74) is 3.95. The van der Waals surface area contributed by atoms with Crippen molar-refractivity contribution in [1.82, 2.24) is 5.32 Å². The molecule has 3 amide bonds. The lowest BCUT2D eigenvalue weighted by Gasteiger charge is -2.23. The largest absolute Gasteiger partial charge is 0.495 e. The molecule has 0 aliphatic carbocycles. The molecule has 0 fully saturated rings. The van der Waals surface area contributed by atoms with Crippen molar-refractivity contribution >= 4 is 34.9 Å². The fourth-order valence-corrected chi connectivity index (χ4v) is 4.34. The van der Waals surface area contributed by atoms with Gasteiger partial charge in [-0.15, -0.1) is 0 Å². The zero-order valence-electron chi connectivity index (χ0n) is 19.2. The van der Waals surface area contributed by atoms with Gasteiger partial charge in [-0.3, -0.25) is 4.79 Å².